The average molecular weight is 375 g/mol. The number of anilines is 1. The van der Waals surface area contributed by atoms with Gasteiger partial charge in [0.2, 0.25) is 0 Å². The summed E-state index contributed by atoms with van der Waals surface area (Å²) in [5, 5.41) is 9.99. The molecular weight excluding hydrogens is 353 g/mol. The van der Waals surface area contributed by atoms with Crippen LogP contribution in [0.1, 0.15) is 31.1 Å². The summed E-state index contributed by atoms with van der Waals surface area (Å²) in [5.41, 5.74) is 0.379. The van der Waals surface area contributed by atoms with Crippen LogP contribution in [-0.4, -0.2) is 58.8 Å². The van der Waals surface area contributed by atoms with E-state index in [9.17, 15) is 19.1 Å². The van der Waals surface area contributed by atoms with E-state index in [0.717, 1.165) is 0 Å². The standard InChI is InChI=1S/C19H22FN3O4/c1-19(2,3)27-18(26)23-8-6-22(7-9-23)16-13-10-12(20)4-5-15(13)21-11-14(16)17(24)25/h4-5,10-11H,6-9H2,1-3H3,(H,24,25). The van der Waals surface area contributed by atoms with E-state index in [1.807, 2.05) is 4.90 Å². The molecule has 7 nitrogen and oxygen atoms in total. The van der Waals surface area contributed by atoms with Gasteiger partial charge in [0.05, 0.1) is 11.2 Å². The molecule has 144 valence electrons. The molecule has 1 aliphatic rings. The summed E-state index contributed by atoms with van der Waals surface area (Å²) >= 11 is 0. The SMILES string of the molecule is CC(C)(C)OC(=O)N1CCN(c2c(C(=O)O)cnc3ccc(F)cc23)CC1. The van der Waals surface area contributed by atoms with Crippen molar-refractivity contribution in [2.45, 2.75) is 26.4 Å². The Morgan fingerprint density at radius 1 is 1.19 bits per heavy atom. The van der Waals surface area contributed by atoms with Gasteiger partial charge in [0, 0.05) is 37.8 Å². The van der Waals surface area contributed by atoms with Crippen molar-refractivity contribution in [2.24, 2.45) is 0 Å². The number of amides is 1. The zero-order valence-electron chi connectivity index (χ0n) is 15.5. The first kappa shape index (κ1) is 18.9. The molecule has 0 unspecified atom stereocenters. The van der Waals surface area contributed by atoms with Crippen LogP contribution < -0.4 is 4.90 Å². The number of pyridine rings is 1. The Balaban J connectivity index is 1.88. The van der Waals surface area contributed by atoms with E-state index >= 15 is 0 Å². The minimum absolute atomic E-state index is 0.0128. The number of benzene rings is 1. The fourth-order valence-electron chi connectivity index (χ4n) is 3.09. The Kier molecular flexibility index (Phi) is 4.91. The van der Waals surface area contributed by atoms with Crippen molar-refractivity contribution in [3.63, 3.8) is 0 Å². The molecule has 1 fully saturated rings. The normalized spacial score (nSPS) is 15.1. The Hall–Kier alpha value is -2.90. The minimum Gasteiger partial charge on any atom is -0.478 e. The highest BCUT2D eigenvalue weighted by Crippen LogP contribution is 2.31. The predicted molar refractivity (Wildman–Crippen MR) is 98.7 cm³/mol. The lowest BCUT2D eigenvalue weighted by Gasteiger charge is -2.37. The molecule has 1 aromatic heterocycles. The molecule has 1 N–H and O–H groups in total. The number of ether oxygens (including phenoxy) is 1. The van der Waals surface area contributed by atoms with E-state index in [-0.39, 0.29) is 5.56 Å². The highest BCUT2D eigenvalue weighted by Gasteiger charge is 2.28. The van der Waals surface area contributed by atoms with Crippen LogP contribution in [-0.2, 0) is 4.74 Å². The highest BCUT2D eigenvalue weighted by atomic mass is 19.1. The Morgan fingerprint density at radius 3 is 2.44 bits per heavy atom. The fraction of sp³-hybridized carbons (Fsp3) is 0.421. The molecular formula is C19H22FN3O4. The van der Waals surface area contributed by atoms with Crippen molar-refractivity contribution < 1.29 is 23.8 Å². The average Bonchev–Trinajstić information content (AvgIpc) is 2.59. The van der Waals surface area contributed by atoms with Gasteiger partial charge in [-0.2, -0.15) is 0 Å². The van der Waals surface area contributed by atoms with E-state index in [2.05, 4.69) is 4.98 Å². The van der Waals surface area contributed by atoms with Crippen LogP contribution >= 0.6 is 0 Å². The quantitative estimate of drug-likeness (QED) is 0.868. The van der Waals surface area contributed by atoms with Gasteiger partial charge < -0.3 is 19.6 Å². The summed E-state index contributed by atoms with van der Waals surface area (Å²) in [4.78, 5) is 31.5. The van der Waals surface area contributed by atoms with Crippen LogP contribution in [0.5, 0.6) is 0 Å². The molecule has 2 heterocycles. The number of piperazine rings is 1. The predicted octanol–water partition coefficient (Wildman–Crippen LogP) is 3.13. The number of halogens is 1. The second-order valence-electron chi connectivity index (χ2n) is 7.44. The van der Waals surface area contributed by atoms with Gasteiger partial charge in [-0.15, -0.1) is 0 Å². The van der Waals surface area contributed by atoms with Gasteiger partial charge in [0.15, 0.2) is 0 Å². The largest absolute Gasteiger partial charge is 0.478 e. The van der Waals surface area contributed by atoms with Crippen LogP contribution in [0.4, 0.5) is 14.9 Å². The van der Waals surface area contributed by atoms with Gasteiger partial charge in [-0.25, -0.2) is 14.0 Å². The molecule has 8 heteroatoms. The first-order valence-electron chi connectivity index (χ1n) is 8.70. The van der Waals surface area contributed by atoms with Gasteiger partial charge in [-0.1, -0.05) is 0 Å². The molecule has 0 saturated carbocycles. The monoisotopic (exact) mass is 375 g/mol. The number of carbonyl (C=O) groups excluding carboxylic acids is 1. The maximum Gasteiger partial charge on any atom is 0.410 e. The lowest BCUT2D eigenvalue weighted by Crippen LogP contribution is -2.50. The summed E-state index contributed by atoms with van der Waals surface area (Å²) in [7, 11) is 0. The number of carboxylic acids is 1. The van der Waals surface area contributed by atoms with Crippen LogP contribution in [0.25, 0.3) is 10.9 Å². The maximum absolute atomic E-state index is 13.8. The number of hydrogen-bond donors (Lipinski definition) is 1. The lowest BCUT2D eigenvalue weighted by molar-refractivity contribution is 0.0240. The first-order chi connectivity index (χ1) is 12.7. The molecule has 3 rings (SSSR count). The van der Waals surface area contributed by atoms with Crippen LogP contribution in [0.3, 0.4) is 0 Å². The Bertz CT molecular complexity index is 886. The Morgan fingerprint density at radius 2 is 1.85 bits per heavy atom. The minimum atomic E-state index is -1.13. The molecule has 1 saturated heterocycles. The second-order valence-corrected chi connectivity index (χ2v) is 7.44. The number of aromatic nitrogens is 1. The fourth-order valence-corrected chi connectivity index (χ4v) is 3.09. The van der Waals surface area contributed by atoms with Crippen molar-refractivity contribution >= 4 is 28.7 Å². The van der Waals surface area contributed by atoms with Crippen LogP contribution in [0, 0.1) is 5.82 Å². The summed E-state index contributed by atoms with van der Waals surface area (Å²) < 4.78 is 19.2. The van der Waals surface area contributed by atoms with Gasteiger partial charge in [0.1, 0.15) is 17.0 Å². The van der Waals surface area contributed by atoms with E-state index < -0.39 is 23.5 Å². The molecule has 0 radical (unpaired) electrons. The third-order valence-electron chi connectivity index (χ3n) is 4.28. The van der Waals surface area contributed by atoms with Crippen molar-refractivity contribution in [2.75, 3.05) is 31.1 Å². The van der Waals surface area contributed by atoms with Crippen molar-refractivity contribution in [1.82, 2.24) is 9.88 Å². The van der Waals surface area contributed by atoms with Gasteiger partial charge in [-0.05, 0) is 39.0 Å². The lowest BCUT2D eigenvalue weighted by atomic mass is 10.1. The number of fused-ring (bicyclic) bond motifs is 1. The summed E-state index contributed by atoms with van der Waals surface area (Å²) in [6, 6.07) is 4.11. The van der Waals surface area contributed by atoms with Crippen LogP contribution in [0.2, 0.25) is 0 Å². The van der Waals surface area contributed by atoms with Gasteiger partial charge in [0.25, 0.3) is 0 Å². The number of nitrogens with zero attached hydrogens (tertiary/aromatic N) is 3. The zero-order valence-corrected chi connectivity index (χ0v) is 15.5. The van der Waals surface area contributed by atoms with E-state index in [4.69, 9.17) is 4.74 Å². The molecule has 0 spiro atoms. The number of hydrogen-bond acceptors (Lipinski definition) is 5. The van der Waals surface area contributed by atoms with Crippen molar-refractivity contribution in [3.05, 3.63) is 35.8 Å². The van der Waals surface area contributed by atoms with E-state index in [1.54, 1.807) is 25.7 Å². The number of carbonyl (C=O) groups is 2. The van der Waals surface area contributed by atoms with E-state index in [0.29, 0.717) is 42.8 Å². The molecule has 0 bridgehead atoms. The number of aromatic carboxylic acids is 1. The summed E-state index contributed by atoms with van der Waals surface area (Å²) in [6.07, 6.45) is 0.893. The number of rotatable bonds is 2. The van der Waals surface area contributed by atoms with E-state index in [1.165, 1.54) is 24.4 Å². The Labute approximate surface area is 156 Å². The topological polar surface area (TPSA) is 83.0 Å². The third kappa shape index (κ3) is 4.10. The molecule has 2 aromatic rings. The van der Waals surface area contributed by atoms with Gasteiger partial charge in [-0.3, -0.25) is 4.98 Å². The zero-order chi connectivity index (χ0) is 19.8. The van der Waals surface area contributed by atoms with Crippen molar-refractivity contribution in [1.29, 1.82) is 0 Å². The van der Waals surface area contributed by atoms with Crippen LogP contribution in [0.15, 0.2) is 24.4 Å². The third-order valence-corrected chi connectivity index (χ3v) is 4.28. The smallest absolute Gasteiger partial charge is 0.410 e. The second kappa shape index (κ2) is 7.02. The molecule has 1 amide bonds. The van der Waals surface area contributed by atoms with Crippen molar-refractivity contribution in [3.8, 4) is 0 Å². The molecule has 0 atom stereocenters. The summed E-state index contributed by atoms with van der Waals surface area (Å²) in [5.74, 6) is -1.58. The number of carboxylic acid groups (broad SMARTS) is 1. The first-order valence-corrected chi connectivity index (χ1v) is 8.70. The maximum atomic E-state index is 13.8. The summed E-state index contributed by atoms with van der Waals surface area (Å²) in [6.45, 7) is 7.00. The van der Waals surface area contributed by atoms with Gasteiger partial charge >= 0.3 is 12.1 Å². The molecule has 1 aromatic carbocycles. The molecule has 1 aliphatic heterocycles. The molecule has 27 heavy (non-hydrogen) atoms. The highest BCUT2D eigenvalue weighted by molar-refractivity contribution is 6.04. The molecule has 0 aliphatic carbocycles.